The molecule has 0 fully saturated rings. The molecule has 0 bridgehead atoms. The molecule has 17 heavy (non-hydrogen) atoms. The second kappa shape index (κ2) is 3.56. The summed E-state index contributed by atoms with van der Waals surface area (Å²) < 4.78 is 12.3. The summed E-state index contributed by atoms with van der Waals surface area (Å²) in [5, 5.41) is 4.85. The van der Waals surface area contributed by atoms with Crippen molar-refractivity contribution < 1.29 is 9.47 Å². The summed E-state index contributed by atoms with van der Waals surface area (Å²) in [6.45, 7) is 0.199. The maximum absolute atomic E-state index is 6.18. The number of rotatable bonds is 1. The predicted octanol–water partition coefficient (Wildman–Crippen LogP) is 2.05. The monoisotopic (exact) mass is 251 g/mol. The first-order valence-corrected chi connectivity index (χ1v) is 5.42. The molecule has 1 aromatic heterocycles. The van der Waals surface area contributed by atoms with E-state index in [0.717, 1.165) is 0 Å². The molecular formula is C11H10ClN3O2. The summed E-state index contributed by atoms with van der Waals surface area (Å²) in [6.07, 6.45) is 0. The Kier molecular flexibility index (Phi) is 2.16. The zero-order valence-electron chi connectivity index (χ0n) is 9.11. The Balaban J connectivity index is 2.23. The molecule has 1 aromatic carbocycles. The van der Waals surface area contributed by atoms with Crippen molar-refractivity contribution in [3.8, 4) is 22.8 Å². The molecule has 0 radical (unpaired) electrons. The first-order valence-electron chi connectivity index (χ1n) is 5.05. The summed E-state index contributed by atoms with van der Waals surface area (Å²) in [4.78, 5) is 0. The van der Waals surface area contributed by atoms with Gasteiger partial charge in [-0.25, -0.2) is 0 Å². The lowest BCUT2D eigenvalue weighted by molar-refractivity contribution is 0.174. The molecule has 88 valence electrons. The van der Waals surface area contributed by atoms with Gasteiger partial charge in [-0.1, -0.05) is 11.6 Å². The smallest absolute Gasteiger partial charge is 0.231 e. The second-order valence-electron chi connectivity index (χ2n) is 3.73. The van der Waals surface area contributed by atoms with Crippen molar-refractivity contribution in [2.75, 3.05) is 12.5 Å². The van der Waals surface area contributed by atoms with Crippen LogP contribution in [-0.4, -0.2) is 16.6 Å². The van der Waals surface area contributed by atoms with Gasteiger partial charge in [0.15, 0.2) is 11.5 Å². The van der Waals surface area contributed by atoms with Crippen LogP contribution < -0.4 is 15.2 Å². The number of aryl methyl sites for hydroxylation is 1. The summed E-state index contributed by atoms with van der Waals surface area (Å²) in [7, 11) is 1.77. The van der Waals surface area contributed by atoms with Gasteiger partial charge in [0, 0.05) is 13.1 Å². The number of halogens is 1. The summed E-state index contributed by atoms with van der Waals surface area (Å²) in [5.41, 5.74) is 7.15. The van der Waals surface area contributed by atoms with E-state index in [1.807, 2.05) is 0 Å². The van der Waals surface area contributed by atoms with Gasteiger partial charge in [0.05, 0.1) is 16.3 Å². The van der Waals surface area contributed by atoms with Crippen LogP contribution in [0.2, 0.25) is 5.02 Å². The van der Waals surface area contributed by atoms with Crippen LogP contribution in [0.15, 0.2) is 18.2 Å². The van der Waals surface area contributed by atoms with Crippen LogP contribution in [0.5, 0.6) is 11.5 Å². The molecule has 2 N–H and O–H groups in total. The lowest BCUT2D eigenvalue weighted by atomic mass is 10.1. The molecule has 2 heterocycles. The average molecular weight is 252 g/mol. The van der Waals surface area contributed by atoms with E-state index in [-0.39, 0.29) is 6.79 Å². The van der Waals surface area contributed by atoms with Crippen LogP contribution in [0.1, 0.15) is 0 Å². The van der Waals surface area contributed by atoms with Gasteiger partial charge in [0.25, 0.3) is 0 Å². The molecule has 2 aromatic rings. The maximum Gasteiger partial charge on any atom is 0.231 e. The highest BCUT2D eigenvalue weighted by atomic mass is 35.5. The first-order chi connectivity index (χ1) is 8.16. The van der Waals surface area contributed by atoms with Gasteiger partial charge >= 0.3 is 0 Å². The van der Waals surface area contributed by atoms with Crippen LogP contribution in [0.3, 0.4) is 0 Å². The topological polar surface area (TPSA) is 62.3 Å². The highest BCUT2D eigenvalue weighted by Crippen LogP contribution is 2.45. The zero-order chi connectivity index (χ0) is 12.0. The fourth-order valence-electron chi connectivity index (χ4n) is 1.79. The lowest BCUT2D eigenvalue weighted by Crippen LogP contribution is -1.96. The minimum absolute atomic E-state index is 0.199. The van der Waals surface area contributed by atoms with Crippen LogP contribution in [-0.2, 0) is 7.05 Å². The number of ether oxygens (including phenoxy) is 2. The van der Waals surface area contributed by atoms with Crippen molar-refractivity contribution in [2.24, 2.45) is 7.05 Å². The quantitative estimate of drug-likeness (QED) is 0.843. The molecule has 6 heteroatoms. The Hall–Kier alpha value is -1.88. The number of hydrogen-bond acceptors (Lipinski definition) is 4. The third-order valence-electron chi connectivity index (χ3n) is 2.66. The van der Waals surface area contributed by atoms with Crippen molar-refractivity contribution in [2.45, 2.75) is 0 Å². The number of anilines is 1. The molecule has 0 spiro atoms. The molecule has 0 saturated carbocycles. The number of nitrogens with zero attached hydrogens (tertiary/aromatic N) is 2. The van der Waals surface area contributed by atoms with Gasteiger partial charge in [0.2, 0.25) is 6.79 Å². The predicted molar refractivity (Wildman–Crippen MR) is 64.2 cm³/mol. The summed E-state index contributed by atoms with van der Waals surface area (Å²) in [6, 6.07) is 5.29. The van der Waals surface area contributed by atoms with Crippen LogP contribution >= 0.6 is 11.6 Å². The van der Waals surface area contributed by atoms with Gasteiger partial charge in [-0.15, -0.1) is 0 Å². The molecule has 0 atom stereocenters. The van der Waals surface area contributed by atoms with E-state index in [1.54, 1.807) is 29.9 Å². The number of hydrogen-bond donors (Lipinski definition) is 1. The molecule has 5 nitrogen and oxygen atoms in total. The van der Waals surface area contributed by atoms with E-state index in [4.69, 9.17) is 26.8 Å². The van der Waals surface area contributed by atoms with Gasteiger partial charge in [-0.3, -0.25) is 4.68 Å². The van der Waals surface area contributed by atoms with Gasteiger partial charge in [-0.05, 0) is 12.1 Å². The molecule has 0 aliphatic carbocycles. The number of benzene rings is 1. The van der Waals surface area contributed by atoms with Gasteiger partial charge < -0.3 is 15.2 Å². The van der Waals surface area contributed by atoms with Gasteiger partial charge in [-0.2, -0.15) is 5.10 Å². The SMILES string of the molecule is Cn1nc(-c2c(Cl)ccc3c2OCO3)cc1N. The van der Waals surface area contributed by atoms with Gasteiger partial charge in [0.1, 0.15) is 5.82 Å². The minimum Gasteiger partial charge on any atom is -0.454 e. The Bertz CT molecular complexity index is 575. The first kappa shape index (κ1) is 10.3. The molecular weight excluding hydrogens is 242 g/mol. The standard InChI is InChI=1S/C11H10ClN3O2/c1-15-9(13)4-7(14-15)10-6(12)2-3-8-11(10)17-5-16-8/h2-4H,5,13H2,1H3. The third kappa shape index (κ3) is 1.51. The fraction of sp³-hybridized carbons (Fsp3) is 0.182. The number of nitrogen functional groups attached to an aromatic ring is 1. The van der Waals surface area contributed by atoms with E-state index in [1.165, 1.54) is 0 Å². The van der Waals surface area contributed by atoms with Crippen molar-refractivity contribution in [1.82, 2.24) is 9.78 Å². The van der Waals surface area contributed by atoms with Crippen LogP contribution in [0.25, 0.3) is 11.3 Å². The Morgan fingerprint density at radius 1 is 1.41 bits per heavy atom. The number of aromatic nitrogens is 2. The Labute approximate surface area is 103 Å². The molecule has 0 unspecified atom stereocenters. The molecule has 1 aliphatic heterocycles. The van der Waals surface area contributed by atoms with Crippen LogP contribution in [0, 0.1) is 0 Å². The second-order valence-corrected chi connectivity index (χ2v) is 4.14. The Morgan fingerprint density at radius 2 is 2.24 bits per heavy atom. The highest BCUT2D eigenvalue weighted by Gasteiger charge is 2.23. The lowest BCUT2D eigenvalue weighted by Gasteiger charge is -2.04. The average Bonchev–Trinajstić information content (AvgIpc) is 2.86. The number of nitrogens with two attached hydrogens (primary N) is 1. The fourth-order valence-corrected chi connectivity index (χ4v) is 2.04. The third-order valence-corrected chi connectivity index (χ3v) is 2.98. The molecule has 0 saturated heterocycles. The van der Waals surface area contributed by atoms with Crippen molar-refractivity contribution >= 4 is 17.4 Å². The highest BCUT2D eigenvalue weighted by molar-refractivity contribution is 6.33. The van der Waals surface area contributed by atoms with E-state index in [2.05, 4.69) is 5.10 Å². The van der Waals surface area contributed by atoms with E-state index in [0.29, 0.717) is 33.6 Å². The zero-order valence-corrected chi connectivity index (χ0v) is 9.86. The van der Waals surface area contributed by atoms with Crippen LogP contribution in [0.4, 0.5) is 5.82 Å². The molecule has 3 rings (SSSR count). The summed E-state index contributed by atoms with van der Waals surface area (Å²) >= 11 is 6.18. The summed E-state index contributed by atoms with van der Waals surface area (Å²) in [5.74, 6) is 1.86. The van der Waals surface area contributed by atoms with Crippen molar-refractivity contribution in [3.05, 3.63) is 23.2 Å². The number of fused-ring (bicyclic) bond motifs is 1. The normalized spacial score (nSPS) is 13.1. The molecule has 1 aliphatic rings. The minimum atomic E-state index is 0.199. The maximum atomic E-state index is 6.18. The van der Waals surface area contributed by atoms with E-state index in [9.17, 15) is 0 Å². The molecule has 0 amide bonds. The van der Waals surface area contributed by atoms with E-state index < -0.39 is 0 Å². The largest absolute Gasteiger partial charge is 0.454 e. The van der Waals surface area contributed by atoms with Crippen molar-refractivity contribution in [1.29, 1.82) is 0 Å². The van der Waals surface area contributed by atoms with E-state index >= 15 is 0 Å². The van der Waals surface area contributed by atoms with Crippen molar-refractivity contribution in [3.63, 3.8) is 0 Å². The Morgan fingerprint density at radius 3 is 2.94 bits per heavy atom.